The highest BCUT2D eigenvalue weighted by molar-refractivity contribution is 5.85. The summed E-state index contributed by atoms with van der Waals surface area (Å²) < 4.78 is 5.86. The van der Waals surface area contributed by atoms with Gasteiger partial charge in [-0.2, -0.15) is 0 Å². The predicted molar refractivity (Wildman–Crippen MR) is 104 cm³/mol. The smallest absolute Gasteiger partial charge is 0.134 e. The minimum atomic E-state index is -0.452. The molecule has 0 radical (unpaired) electrons. The number of nitrogens with zero attached hydrogens (tertiary/aromatic N) is 1. The highest BCUT2D eigenvalue weighted by Crippen LogP contribution is 2.24. The molecular formula is C19H22Cl2N2O2. The Balaban J connectivity index is 0.00000156. The molecule has 0 aliphatic carbocycles. The van der Waals surface area contributed by atoms with Gasteiger partial charge in [0.1, 0.15) is 11.5 Å². The number of hydrogen-bond acceptors (Lipinski definition) is 4. The second-order valence-corrected chi connectivity index (χ2v) is 5.49. The quantitative estimate of drug-likeness (QED) is 0.659. The molecular weight excluding hydrogens is 359 g/mol. The molecule has 0 saturated heterocycles. The molecule has 1 atom stereocenters. The molecule has 0 saturated carbocycles. The van der Waals surface area contributed by atoms with E-state index in [1.807, 2.05) is 54.6 Å². The minimum Gasteiger partial charge on any atom is -0.460 e. The van der Waals surface area contributed by atoms with Crippen LogP contribution in [0.5, 0.6) is 0 Å². The van der Waals surface area contributed by atoms with Gasteiger partial charge in [0.25, 0.3) is 0 Å². The Hall–Kier alpha value is -1.85. The van der Waals surface area contributed by atoms with Crippen LogP contribution < -0.4 is 5.32 Å². The average Bonchev–Trinajstić information content (AvgIpc) is 3.05. The standard InChI is InChI=1S/C19H20N2O2.2ClH/c1-14(22)15-5-7-16(8-6-15)19-10-9-18(23-19)13-20-12-17-4-2-3-11-21-17;;/h2-11,14,20,22H,12-13H2,1H3;2*1H. The lowest BCUT2D eigenvalue weighted by molar-refractivity contribution is 0.199. The van der Waals surface area contributed by atoms with E-state index >= 15 is 0 Å². The fraction of sp³-hybridized carbons (Fsp3) is 0.211. The third-order valence-corrected chi connectivity index (χ3v) is 3.67. The monoisotopic (exact) mass is 380 g/mol. The minimum absolute atomic E-state index is 0. The summed E-state index contributed by atoms with van der Waals surface area (Å²) in [6, 6.07) is 17.6. The maximum absolute atomic E-state index is 9.54. The molecule has 3 rings (SSSR count). The zero-order chi connectivity index (χ0) is 16.1. The topological polar surface area (TPSA) is 58.3 Å². The van der Waals surface area contributed by atoms with Crippen molar-refractivity contribution in [1.29, 1.82) is 0 Å². The highest BCUT2D eigenvalue weighted by Gasteiger charge is 2.06. The van der Waals surface area contributed by atoms with Gasteiger partial charge in [-0.1, -0.05) is 30.3 Å². The Bertz CT molecular complexity index is 744. The van der Waals surface area contributed by atoms with E-state index in [0.717, 1.165) is 28.3 Å². The van der Waals surface area contributed by atoms with Crippen LogP contribution in [0, 0.1) is 0 Å². The fourth-order valence-corrected chi connectivity index (χ4v) is 2.37. The summed E-state index contributed by atoms with van der Waals surface area (Å²) in [7, 11) is 0. The van der Waals surface area contributed by atoms with Crippen molar-refractivity contribution in [2.75, 3.05) is 0 Å². The molecule has 2 heterocycles. The van der Waals surface area contributed by atoms with Crippen LogP contribution in [-0.4, -0.2) is 10.1 Å². The van der Waals surface area contributed by atoms with E-state index in [1.165, 1.54) is 0 Å². The first-order valence-corrected chi connectivity index (χ1v) is 7.70. The number of rotatable bonds is 6. The molecule has 4 nitrogen and oxygen atoms in total. The lowest BCUT2D eigenvalue weighted by atomic mass is 10.1. The van der Waals surface area contributed by atoms with Gasteiger partial charge in [-0.05, 0) is 36.8 Å². The Morgan fingerprint density at radius 3 is 2.40 bits per heavy atom. The molecule has 2 aromatic heterocycles. The number of aromatic nitrogens is 1. The highest BCUT2D eigenvalue weighted by atomic mass is 35.5. The molecule has 134 valence electrons. The summed E-state index contributed by atoms with van der Waals surface area (Å²) in [5.41, 5.74) is 2.91. The van der Waals surface area contributed by atoms with Gasteiger partial charge in [-0.3, -0.25) is 4.98 Å². The van der Waals surface area contributed by atoms with Gasteiger partial charge in [0, 0.05) is 18.3 Å². The van der Waals surface area contributed by atoms with E-state index in [0.29, 0.717) is 13.1 Å². The number of benzene rings is 1. The molecule has 25 heavy (non-hydrogen) atoms. The first-order valence-electron chi connectivity index (χ1n) is 7.70. The summed E-state index contributed by atoms with van der Waals surface area (Å²) in [4.78, 5) is 4.27. The number of pyridine rings is 1. The average molecular weight is 381 g/mol. The van der Waals surface area contributed by atoms with E-state index in [2.05, 4.69) is 10.3 Å². The lowest BCUT2D eigenvalue weighted by Crippen LogP contribution is -2.12. The maximum atomic E-state index is 9.54. The number of aliphatic hydroxyl groups is 1. The van der Waals surface area contributed by atoms with E-state index in [9.17, 15) is 5.11 Å². The van der Waals surface area contributed by atoms with Crippen LogP contribution in [-0.2, 0) is 13.1 Å². The van der Waals surface area contributed by atoms with Crippen molar-refractivity contribution >= 4 is 24.8 Å². The lowest BCUT2D eigenvalue weighted by Gasteiger charge is -2.05. The molecule has 0 spiro atoms. The number of nitrogens with one attached hydrogen (secondary N) is 1. The van der Waals surface area contributed by atoms with Gasteiger partial charge >= 0.3 is 0 Å². The molecule has 1 unspecified atom stereocenters. The van der Waals surface area contributed by atoms with Gasteiger partial charge in [-0.25, -0.2) is 0 Å². The van der Waals surface area contributed by atoms with Crippen LogP contribution in [0.25, 0.3) is 11.3 Å². The van der Waals surface area contributed by atoms with E-state index in [-0.39, 0.29) is 24.8 Å². The van der Waals surface area contributed by atoms with Crippen molar-refractivity contribution in [3.05, 3.63) is 77.8 Å². The zero-order valence-electron chi connectivity index (χ0n) is 13.9. The van der Waals surface area contributed by atoms with E-state index in [1.54, 1.807) is 13.1 Å². The Morgan fingerprint density at radius 2 is 1.76 bits per heavy atom. The van der Waals surface area contributed by atoms with Crippen molar-refractivity contribution < 1.29 is 9.52 Å². The normalized spacial score (nSPS) is 11.3. The number of halogens is 2. The third kappa shape index (κ3) is 5.87. The Morgan fingerprint density at radius 1 is 1.00 bits per heavy atom. The summed E-state index contributed by atoms with van der Waals surface area (Å²) in [5, 5.41) is 12.9. The molecule has 0 fully saturated rings. The first-order chi connectivity index (χ1) is 11.2. The van der Waals surface area contributed by atoms with Gasteiger partial charge in [-0.15, -0.1) is 24.8 Å². The summed E-state index contributed by atoms with van der Waals surface area (Å²) >= 11 is 0. The largest absolute Gasteiger partial charge is 0.460 e. The van der Waals surface area contributed by atoms with Gasteiger partial charge < -0.3 is 14.8 Å². The van der Waals surface area contributed by atoms with Crippen molar-refractivity contribution in [3.8, 4) is 11.3 Å². The summed E-state index contributed by atoms with van der Waals surface area (Å²) in [6.07, 6.45) is 1.34. The van der Waals surface area contributed by atoms with Crippen molar-refractivity contribution in [3.63, 3.8) is 0 Å². The molecule has 6 heteroatoms. The van der Waals surface area contributed by atoms with Crippen LogP contribution >= 0.6 is 24.8 Å². The molecule has 2 N–H and O–H groups in total. The number of aliphatic hydroxyl groups excluding tert-OH is 1. The molecule has 0 bridgehead atoms. The van der Waals surface area contributed by atoms with Gasteiger partial charge in [0.05, 0.1) is 18.3 Å². The van der Waals surface area contributed by atoms with Crippen molar-refractivity contribution in [2.24, 2.45) is 0 Å². The summed E-state index contributed by atoms with van der Waals surface area (Å²) in [5.74, 6) is 1.72. The zero-order valence-corrected chi connectivity index (χ0v) is 15.5. The second-order valence-electron chi connectivity index (χ2n) is 5.49. The number of furan rings is 1. The maximum Gasteiger partial charge on any atom is 0.134 e. The van der Waals surface area contributed by atoms with E-state index < -0.39 is 6.10 Å². The molecule has 1 aromatic carbocycles. The molecule has 0 aliphatic heterocycles. The van der Waals surface area contributed by atoms with Crippen molar-refractivity contribution in [2.45, 2.75) is 26.1 Å². The molecule has 3 aromatic rings. The molecule has 0 aliphatic rings. The van der Waals surface area contributed by atoms with Crippen molar-refractivity contribution in [1.82, 2.24) is 10.3 Å². The van der Waals surface area contributed by atoms with Crippen LogP contribution in [0.15, 0.2) is 65.2 Å². The van der Waals surface area contributed by atoms with Crippen LogP contribution in [0.1, 0.15) is 30.0 Å². The van der Waals surface area contributed by atoms with Gasteiger partial charge in [0.15, 0.2) is 0 Å². The summed E-state index contributed by atoms with van der Waals surface area (Å²) in [6.45, 7) is 3.12. The van der Waals surface area contributed by atoms with Gasteiger partial charge in [0.2, 0.25) is 0 Å². The third-order valence-electron chi connectivity index (χ3n) is 3.67. The first kappa shape index (κ1) is 21.2. The van der Waals surface area contributed by atoms with Crippen LogP contribution in [0.3, 0.4) is 0 Å². The second kappa shape index (κ2) is 10.2. The predicted octanol–water partition coefficient (Wildman–Crippen LogP) is 4.53. The fourth-order valence-electron chi connectivity index (χ4n) is 2.37. The number of hydrogen-bond donors (Lipinski definition) is 2. The Labute approximate surface area is 160 Å². The van der Waals surface area contributed by atoms with Crippen LogP contribution in [0.2, 0.25) is 0 Å². The van der Waals surface area contributed by atoms with Crippen LogP contribution in [0.4, 0.5) is 0 Å². The van der Waals surface area contributed by atoms with E-state index in [4.69, 9.17) is 4.42 Å². The SMILES string of the molecule is CC(O)c1ccc(-c2ccc(CNCc3ccccn3)o2)cc1.Cl.Cl. The molecule has 0 amide bonds. The Kier molecular flexibility index (Phi) is 8.66.